The van der Waals surface area contributed by atoms with Crippen LogP contribution < -0.4 is 16.0 Å². The molecule has 35 heteroatoms. The Morgan fingerprint density at radius 2 is 1.21 bits per heavy atom. The van der Waals surface area contributed by atoms with Crippen molar-refractivity contribution in [3.63, 3.8) is 0 Å². The van der Waals surface area contributed by atoms with E-state index in [1.165, 1.54) is 57.0 Å². The minimum Gasteiger partial charge on any atom is -0.378 e. The van der Waals surface area contributed by atoms with E-state index in [4.69, 9.17) is 14.2 Å². The average molecular weight is 1600 g/mol. The maximum Gasteiger partial charge on any atom is 0.397 e. The summed E-state index contributed by atoms with van der Waals surface area (Å²) in [5, 5.41) is 8.42. The van der Waals surface area contributed by atoms with Gasteiger partial charge in [0, 0.05) is 81.5 Å². The molecule has 4 aliphatic heterocycles. The first-order valence-electron chi connectivity index (χ1n) is 40.5. The molecule has 1 spiro atoms. The van der Waals surface area contributed by atoms with Crippen molar-refractivity contribution in [2.45, 2.75) is 272 Å². The van der Waals surface area contributed by atoms with Crippen molar-refractivity contribution in [3.8, 4) is 0 Å². The standard InChI is InChI=1S/C77H118F8N12O15/c1-10-45(3)64-72(107)90(5)43-62(100)91(6)55-20-13-12-16-31-96(71(55)106)58(38-46-21-24-49(25-22-46)76(80,81)82)69(104)89(4)42-60(98)86-54(28-23-47-36-52(78)63(53(79)37-47)77(83,84)85)68(103)97-41-51(111-11-2)39-56(97)67(102)88-75(29-17-30-75)74(109)94(9)65(48-18-14-15-19-48)73(108)93(8)57(70(105)95-32-34-110-35-33-95)40-61(99)92(7)59(66(101)87-64)44-112-50-26-27-50/h45-59,63-65H,10-44H2,1-9H3,(H,86,98)(H,87,101)(H,88,102)/t45-,46?,47?,49?,51+,52?,53?,54-,55-,56-,57-,58-,59-,63?,64-,65-/m0/s1. The maximum atomic E-state index is 15.8. The SMILES string of the molecule is CCO[C@@H]1C[C@H]2C(=O)NC3(CCC3)C(=O)N(C)[C@@H](C3CCCC3)C(=O)N(C)[C@H](C(=O)N3CCOCC3)CC(=O)N(C)[C@@H](COC3CC3)C(=O)N[C@@H]([C@@H](C)CC)C(=O)N(C)CC(=O)N(C)[C@H]3CCCCCN(C3=O)[C@@H](CC3CCC(C(F)(F)F)CC3)C(=O)N(C)CC(=O)N[C@@H](CCC3CC(F)C(C(F)(F)F)C(F)C3)C(=O)N2C1. The summed E-state index contributed by atoms with van der Waals surface area (Å²) >= 11 is 0. The van der Waals surface area contributed by atoms with Crippen LogP contribution in [-0.4, -0.2) is 314 Å². The smallest absolute Gasteiger partial charge is 0.378 e. The van der Waals surface area contributed by atoms with Gasteiger partial charge in [0.1, 0.15) is 72.1 Å². The molecule has 5 aliphatic carbocycles. The first-order valence-corrected chi connectivity index (χ1v) is 40.5. The molecule has 5 saturated carbocycles. The molecule has 2 bridgehead atoms. The van der Waals surface area contributed by atoms with Crippen LogP contribution in [0.4, 0.5) is 35.1 Å². The Morgan fingerprint density at radius 1 is 0.580 bits per heavy atom. The molecule has 9 aliphatic rings. The molecule has 3 N–H and O–H groups in total. The summed E-state index contributed by atoms with van der Waals surface area (Å²) in [7, 11) is 8.03. The molecular weight excluding hydrogens is 1480 g/mol. The molecule has 9 fully saturated rings. The fourth-order valence-corrected chi connectivity index (χ4v) is 17.9. The van der Waals surface area contributed by atoms with Crippen molar-refractivity contribution in [2.75, 3.05) is 108 Å². The van der Waals surface area contributed by atoms with Gasteiger partial charge in [-0.2, -0.15) is 26.3 Å². The number of nitrogens with zero attached hydrogens (tertiary/aromatic N) is 9. The van der Waals surface area contributed by atoms with Crippen molar-refractivity contribution < 1.29 is 107 Å². The average Bonchev–Trinajstić information content (AvgIpc) is 1.14. The summed E-state index contributed by atoms with van der Waals surface area (Å²) in [6.45, 7) is 3.43. The molecule has 0 radical (unpaired) electrons. The van der Waals surface area contributed by atoms with E-state index in [-0.39, 0.29) is 123 Å². The van der Waals surface area contributed by atoms with Crippen LogP contribution in [0.5, 0.6) is 0 Å². The number of carbonyl (C=O) groups excluding carboxylic acids is 12. The third-order valence-corrected chi connectivity index (χ3v) is 25.4. The number of hydrogen-bond donors (Lipinski definition) is 3. The molecule has 9 rings (SSSR count). The highest BCUT2D eigenvalue weighted by Crippen LogP contribution is 2.46. The van der Waals surface area contributed by atoms with Gasteiger partial charge in [-0.25, -0.2) is 8.78 Å². The molecular formula is C77H118F8N12O15. The molecule has 12 atom stereocenters. The molecule has 632 valence electrons. The molecule has 4 saturated heterocycles. The summed E-state index contributed by atoms with van der Waals surface area (Å²) in [6.07, 6.45) is -14.4. The second kappa shape index (κ2) is 38.6. The van der Waals surface area contributed by atoms with E-state index in [0.29, 0.717) is 70.6 Å². The van der Waals surface area contributed by atoms with Crippen molar-refractivity contribution in [1.29, 1.82) is 0 Å². The number of nitrogens with one attached hydrogen (secondary N) is 3. The molecule has 27 nitrogen and oxygen atoms in total. The predicted octanol–water partition coefficient (Wildman–Crippen LogP) is 5.48. The van der Waals surface area contributed by atoms with Crippen LogP contribution >= 0.6 is 0 Å². The Balaban J connectivity index is 1.11. The van der Waals surface area contributed by atoms with Crippen LogP contribution in [0.2, 0.25) is 0 Å². The Labute approximate surface area is 651 Å². The van der Waals surface area contributed by atoms with Gasteiger partial charge in [0.2, 0.25) is 70.9 Å². The zero-order chi connectivity index (χ0) is 82.0. The summed E-state index contributed by atoms with van der Waals surface area (Å²) in [6, 6.07) is -11.6. The van der Waals surface area contributed by atoms with Crippen LogP contribution in [0.15, 0.2) is 0 Å². The van der Waals surface area contributed by atoms with E-state index < -0.39 is 230 Å². The summed E-state index contributed by atoms with van der Waals surface area (Å²) in [5.74, 6) is -16.8. The molecule has 112 heavy (non-hydrogen) atoms. The van der Waals surface area contributed by atoms with E-state index in [1.807, 2.05) is 0 Å². The summed E-state index contributed by atoms with van der Waals surface area (Å²) in [4.78, 5) is 194. The van der Waals surface area contributed by atoms with E-state index in [9.17, 15) is 40.7 Å². The van der Waals surface area contributed by atoms with Gasteiger partial charge >= 0.3 is 12.4 Å². The van der Waals surface area contributed by atoms with Crippen LogP contribution in [0.3, 0.4) is 0 Å². The van der Waals surface area contributed by atoms with Gasteiger partial charge in [0.15, 0.2) is 0 Å². The molecule has 4 heterocycles. The molecule has 2 unspecified atom stereocenters. The third-order valence-electron chi connectivity index (χ3n) is 25.4. The highest BCUT2D eigenvalue weighted by Gasteiger charge is 2.57. The van der Waals surface area contributed by atoms with Crippen molar-refractivity contribution in [1.82, 2.24) is 60.0 Å². The number of fused-ring (bicyclic) bond motifs is 3. The van der Waals surface area contributed by atoms with Gasteiger partial charge in [-0.3, -0.25) is 57.5 Å². The number of amides is 12. The minimum absolute atomic E-state index is 0.00415. The Morgan fingerprint density at radius 3 is 1.80 bits per heavy atom. The lowest BCUT2D eigenvalue weighted by Gasteiger charge is -2.47. The second-order valence-electron chi connectivity index (χ2n) is 33.1. The lowest BCUT2D eigenvalue weighted by atomic mass is 9.74. The van der Waals surface area contributed by atoms with Crippen molar-refractivity contribution in [2.24, 2.45) is 35.5 Å². The minimum atomic E-state index is -5.22. The third kappa shape index (κ3) is 21.5. The van der Waals surface area contributed by atoms with Gasteiger partial charge in [0.05, 0.1) is 57.5 Å². The Bertz CT molecular complexity index is 3320. The molecule has 0 aromatic carbocycles. The van der Waals surface area contributed by atoms with E-state index in [2.05, 4.69) is 16.0 Å². The number of carbonyl (C=O) groups is 12. The highest BCUT2D eigenvalue weighted by atomic mass is 19.4. The van der Waals surface area contributed by atoms with Crippen LogP contribution in [0, 0.1) is 35.5 Å². The Hall–Kier alpha value is -7.04. The van der Waals surface area contributed by atoms with Gasteiger partial charge in [-0.15, -0.1) is 0 Å². The zero-order valence-electron chi connectivity index (χ0n) is 66.3. The molecule has 0 aromatic heterocycles. The van der Waals surface area contributed by atoms with Crippen LogP contribution in [0.25, 0.3) is 0 Å². The predicted molar refractivity (Wildman–Crippen MR) is 389 cm³/mol. The fourth-order valence-electron chi connectivity index (χ4n) is 17.9. The van der Waals surface area contributed by atoms with E-state index in [0.717, 1.165) is 29.4 Å². The van der Waals surface area contributed by atoms with Crippen molar-refractivity contribution in [3.05, 3.63) is 0 Å². The maximum absolute atomic E-state index is 15.8. The molecule has 12 amide bonds. The van der Waals surface area contributed by atoms with Gasteiger partial charge in [0.25, 0.3) is 0 Å². The quantitative estimate of drug-likeness (QED) is 0.182. The lowest BCUT2D eigenvalue weighted by molar-refractivity contribution is -0.219. The molecule has 0 aromatic rings. The normalized spacial score (nSPS) is 32.6. The fraction of sp³-hybridized carbons (Fsp3) is 0.844. The van der Waals surface area contributed by atoms with Crippen LogP contribution in [0.1, 0.15) is 181 Å². The van der Waals surface area contributed by atoms with Crippen molar-refractivity contribution >= 4 is 70.9 Å². The van der Waals surface area contributed by atoms with Gasteiger partial charge in [-0.05, 0) is 146 Å². The monoisotopic (exact) mass is 1600 g/mol. The number of rotatable bonds is 14. The summed E-state index contributed by atoms with van der Waals surface area (Å²) < 4.78 is 133. The first-order chi connectivity index (χ1) is 52.9. The van der Waals surface area contributed by atoms with E-state index >= 15 is 51.9 Å². The number of ether oxygens (including phenoxy) is 3. The Kier molecular flexibility index (Phi) is 30.6. The largest absolute Gasteiger partial charge is 0.397 e. The number of halogens is 8. The zero-order valence-corrected chi connectivity index (χ0v) is 66.3. The number of morpholine rings is 1. The number of hydrogen-bond acceptors (Lipinski definition) is 15. The number of likely N-dealkylation sites (N-methyl/N-ethyl adjacent to an activating group) is 6. The van der Waals surface area contributed by atoms with Crippen LogP contribution in [-0.2, 0) is 71.7 Å². The lowest BCUT2D eigenvalue weighted by Crippen LogP contribution is -2.68. The second-order valence-corrected chi connectivity index (χ2v) is 33.1. The first kappa shape index (κ1) is 88.9. The number of alkyl halides is 8. The van der Waals surface area contributed by atoms with Gasteiger partial charge in [-0.1, -0.05) is 46.0 Å². The summed E-state index contributed by atoms with van der Waals surface area (Å²) in [5.41, 5.74) is -1.71. The topological polar surface area (TPSA) is 298 Å². The van der Waals surface area contributed by atoms with Gasteiger partial charge < -0.3 is 74.3 Å². The highest BCUT2D eigenvalue weighted by molar-refractivity contribution is 6.01. The van der Waals surface area contributed by atoms with E-state index in [1.54, 1.807) is 20.8 Å².